The second-order valence-corrected chi connectivity index (χ2v) is 5.02. The number of rotatable bonds is 10. The molecule has 1 unspecified atom stereocenters. The third-order valence-corrected chi connectivity index (χ3v) is 3.32. The minimum Gasteiger partial charge on any atom is -0.435 e. The summed E-state index contributed by atoms with van der Waals surface area (Å²) in [5.74, 6) is 0.121. The highest BCUT2D eigenvalue weighted by molar-refractivity contribution is 5.28. The zero-order chi connectivity index (χ0) is 14.8. The molecule has 0 saturated carbocycles. The van der Waals surface area contributed by atoms with E-state index in [2.05, 4.69) is 11.7 Å². The largest absolute Gasteiger partial charge is 0.435 e. The molecule has 1 aromatic carbocycles. The van der Waals surface area contributed by atoms with Crippen LogP contribution in [0.4, 0.5) is 8.78 Å². The number of unbranched alkanes of at least 4 members (excludes halogenated alkanes) is 5. The van der Waals surface area contributed by atoms with Crippen molar-refractivity contribution in [3.05, 3.63) is 29.8 Å². The minimum atomic E-state index is -2.81. The van der Waals surface area contributed by atoms with Crippen molar-refractivity contribution in [2.75, 3.05) is 0 Å². The van der Waals surface area contributed by atoms with Crippen molar-refractivity contribution >= 4 is 0 Å². The van der Waals surface area contributed by atoms with Crippen LogP contribution in [0.25, 0.3) is 0 Å². The first-order valence-electron chi connectivity index (χ1n) is 7.36. The third kappa shape index (κ3) is 6.85. The predicted octanol–water partition coefficient (Wildman–Crippen LogP) is 5.07. The van der Waals surface area contributed by atoms with E-state index < -0.39 is 12.7 Å². The molecule has 0 aliphatic heterocycles. The van der Waals surface area contributed by atoms with Crippen molar-refractivity contribution in [3.8, 4) is 5.75 Å². The minimum absolute atomic E-state index is 0.121. The maximum Gasteiger partial charge on any atom is 0.387 e. The van der Waals surface area contributed by atoms with E-state index in [-0.39, 0.29) is 5.75 Å². The number of hydrogen-bond acceptors (Lipinski definition) is 2. The standard InChI is InChI=1S/C16H24F2O2/c1-2-3-4-5-6-7-8-15(19)13-9-11-14(12-10-13)20-16(17)18/h9-12,15-16,19H,2-8H2,1H3. The van der Waals surface area contributed by atoms with Gasteiger partial charge in [0.15, 0.2) is 0 Å². The van der Waals surface area contributed by atoms with Crippen molar-refractivity contribution in [1.82, 2.24) is 0 Å². The van der Waals surface area contributed by atoms with Gasteiger partial charge >= 0.3 is 6.61 Å². The molecule has 0 aliphatic carbocycles. The maximum absolute atomic E-state index is 12.0. The van der Waals surface area contributed by atoms with Crippen molar-refractivity contribution in [2.45, 2.75) is 64.6 Å². The molecule has 1 N–H and O–H groups in total. The molecule has 20 heavy (non-hydrogen) atoms. The molecular formula is C16H24F2O2. The van der Waals surface area contributed by atoms with Gasteiger partial charge in [-0.05, 0) is 24.1 Å². The van der Waals surface area contributed by atoms with Gasteiger partial charge in [-0.25, -0.2) is 0 Å². The highest BCUT2D eigenvalue weighted by Crippen LogP contribution is 2.23. The molecule has 0 saturated heterocycles. The summed E-state index contributed by atoms with van der Waals surface area (Å²) in [5, 5.41) is 10.0. The number of aliphatic hydroxyl groups excluding tert-OH is 1. The summed E-state index contributed by atoms with van der Waals surface area (Å²) in [6, 6.07) is 6.21. The molecule has 0 spiro atoms. The van der Waals surface area contributed by atoms with E-state index in [1.807, 2.05) is 0 Å². The number of halogens is 2. The van der Waals surface area contributed by atoms with Crippen LogP contribution >= 0.6 is 0 Å². The Bertz CT molecular complexity index is 352. The first-order valence-corrected chi connectivity index (χ1v) is 7.36. The second-order valence-electron chi connectivity index (χ2n) is 5.02. The summed E-state index contributed by atoms with van der Waals surface area (Å²) in [5.41, 5.74) is 0.750. The van der Waals surface area contributed by atoms with Gasteiger partial charge in [0, 0.05) is 0 Å². The molecule has 0 fully saturated rings. The molecular weight excluding hydrogens is 262 g/mol. The van der Waals surface area contributed by atoms with Gasteiger partial charge in [0.05, 0.1) is 6.10 Å². The average molecular weight is 286 g/mol. The SMILES string of the molecule is CCCCCCCCC(O)c1ccc(OC(F)F)cc1. The molecule has 1 rings (SSSR count). The first kappa shape index (κ1) is 16.9. The second kappa shape index (κ2) is 9.70. The maximum atomic E-state index is 12.0. The molecule has 4 heteroatoms. The fourth-order valence-electron chi connectivity index (χ4n) is 2.16. The molecule has 0 radical (unpaired) electrons. The van der Waals surface area contributed by atoms with Gasteiger partial charge in [-0.15, -0.1) is 0 Å². The lowest BCUT2D eigenvalue weighted by Gasteiger charge is -2.12. The number of alkyl halides is 2. The lowest BCUT2D eigenvalue weighted by Crippen LogP contribution is -2.02. The van der Waals surface area contributed by atoms with E-state index in [1.54, 1.807) is 12.1 Å². The van der Waals surface area contributed by atoms with E-state index in [0.717, 1.165) is 18.4 Å². The summed E-state index contributed by atoms with van der Waals surface area (Å²) in [6.07, 6.45) is 7.27. The molecule has 2 nitrogen and oxygen atoms in total. The smallest absolute Gasteiger partial charge is 0.387 e. The summed E-state index contributed by atoms with van der Waals surface area (Å²) in [4.78, 5) is 0. The molecule has 0 amide bonds. The Balaban J connectivity index is 2.27. The zero-order valence-electron chi connectivity index (χ0n) is 12.0. The Kier molecular flexibility index (Phi) is 8.19. The van der Waals surface area contributed by atoms with Crippen LogP contribution in [0.5, 0.6) is 5.75 Å². The van der Waals surface area contributed by atoms with Crippen LogP contribution in [-0.4, -0.2) is 11.7 Å². The number of benzene rings is 1. The lowest BCUT2D eigenvalue weighted by atomic mass is 10.0. The molecule has 114 valence electrons. The van der Waals surface area contributed by atoms with Crippen LogP contribution in [0.3, 0.4) is 0 Å². The van der Waals surface area contributed by atoms with E-state index in [9.17, 15) is 13.9 Å². The van der Waals surface area contributed by atoms with Gasteiger partial charge in [-0.3, -0.25) is 0 Å². The van der Waals surface area contributed by atoms with Gasteiger partial charge in [0.1, 0.15) is 5.75 Å². The van der Waals surface area contributed by atoms with Crippen molar-refractivity contribution < 1.29 is 18.6 Å². The number of ether oxygens (including phenoxy) is 1. The Morgan fingerprint density at radius 3 is 2.20 bits per heavy atom. The summed E-state index contributed by atoms with van der Waals surface area (Å²) in [6.45, 7) is -0.626. The van der Waals surface area contributed by atoms with Crippen molar-refractivity contribution in [3.63, 3.8) is 0 Å². The van der Waals surface area contributed by atoms with E-state index >= 15 is 0 Å². The van der Waals surface area contributed by atoms with Crippen LogP contribution in [0, 0.1) is 0 Å². The van der Waals surface area contributed by atoms with Crippen LogP contribution in [-0.2, 0) is 0 Å². The predicted molar refractivity (Wildman–Crippen MR) is 76.0 cm³/mol. The van der Waals surface area contributed by atoms with Gasteiger partial charge in [-0.2, -0.15) is 8.78 Å². The normalized spacial score (nSPS) is 12.7. The zero-order valence-corrected chi connectivity index (χ0v) is 12.0. The van der Waals surface area contributed by atoms with E-state index in [4.69, 9.17) is 0 Å². The Morgan fingerprint density at radius 2 is 1.60 bits per heavy atom. The van der Waals surface area contributed by atoms with Crippen LogP contribution in [0.1, 0.15) is 63.5 Å². The molecule has 1 aromatic rings. The van der Waals surface area contributed by atoms with Gasteiger partial charge < -0.3 is 9.84 Å². The van der Waals surface area contributed by atoms with E-state index in [1.165, 1.54) is 37.8 Å². The molecule has 0 aliphatic rings. The monoisotopic (exact) mass is 286 g/mol. The molecule has 0 aromatic heterocycles. The quantitative estimate of drug-likeness (QED) is 0.608. The molecule has 0 heterocycles. The van der Waals surface area contributed by atoms with Crippen molar-refractivity contribution in [2.24, 2.45) is 0 Å². The number of hydrogen-bond donors (Lipinski definition) is 1. The molecule has 1 atom stereocenters. The van der Waals surface area contributed by atoms with Crippen LogP contribution in [0.15, 0.2) is 24.3 Å². The fourth-order valence-corrected chi connectivity index (χ4v) is 2.16. The first-order chi connectivity index (χ1) is 9.63. The Hall–Kier alpha value is -1.16. The Morgan fingerprint density at radius 1 is 1.00 bits per heavy atom. The number of aliphatic hydroxyl groups is 1. The third-order valence-electron chi connectivity index (χ3n) is 3.32. The van der Waals surface area contributed by atoms with E-state index in [0.29, 0.717) is 6.42 Å². The summed E-state index contributed by atoms with van der Waals surface area (Å²) < 4.78 is 28.3. The van der Waals surface area contributed by atoms with Crippen LogP contribution < -0.4 is 4.74 Å². The fraction of sp³-hybridized carbons (Fsp3) is 0.625. The lowest BCUT2D eigenvalue weighted by molar-refractivity contribution is -0.0498. The highest BCUT2D eigenvalue weighted by Gasteiger charge is 2.09. The summed E-state index contributed by atoms with van der Waals surface area (Å²) in [7, 11) is 0. The Labute approximate surface area is 119 Å². The van der Waals surface area contributed by atoms with Gasteiger partial charge in [0.25, 0.3) is 0 Å². The van der Waals surface area contributed by atoms with Gasteiger partial charge in [-0.1, -0.05) is 57.6 Å². The van der Waals surface area contributed by atoms with Crippen LogP contribution in [0.2, 0.25) is 0 Å². The molecule has 0 bridgehead atoms. The van der Waals surface area contributed by atoms with Gasteiger partial charge in [0.2, 0.25) is 0 Å². The highest BCUT2D eigenvalue weighted by atomic mass is 19.3. The average Bonchev–Trinajstić information content (AvgIpc) is 2.42. The summed E-state index contributed by atoms with van der Waals surface area (Å²) >= 11 is 0. The van der Waals surface area contributed by atoms with Crippen molar-refractivity contribution in [1.29, 1.82) is 0 Å². The topological polar surface area (TPSA) is 29.5 Å².